The monoisotopic (exact) mass is 161 g/mol. The number of hydrogen-bond acceptors (Lipinski definition) is 5. The number of Topliss-reactive ketones (excluding diaryl/α,β-unsaturated/α-hetero) is 2. The lowest BCUT2D eigenvalue weighted by Crippen LogP contribution is -2.31. The summed E-state index contributed by atoms with van der Waals surface area (Å²) in [6, 6.07) is 0. The number of hydrogen-bond donors (Lipinski definition) is 3. The normalized spacial score (nSPS) is 9.64. The topological polar surface area (TPSA) is 86.6 Å². The van der Waals surface area contributed by atoms with E-state index in [1.807, 2.05) is 0 Å². The molecule has 0 aliphatic carbocycles. The van der Waals surface area contributed by atoms with Crippen LogP contribution in [-0.2, 0) is 9.59 Å². The maximum atomic E-state index is 10.4. The Morgan fingerprint density at radius 2 is 1.36 bits per heavy atom. The Morgan fingerprint density at radius 1 is 1.00 bits per heavy atom. The van der Waals surface area contributed by atoms with E-state index in [1.54, 1.807) is 0 Å². The summed E-state index contributed by atoms with van der Waals surface area (Å²) in [4.78, 5) is 20.8. The minimum atomic E-state index is -0.527. The molecule has 0 radical (unpaired) electrons. The van der Waals surface area contributed by atoms with Crippen LogP contribution in [0, 0.1) is 0 Å². The predicted octanol–water partition coefficient (Wildman–Crippen LogP) is -2.30. The molecule has 0 saturated heterocycles. The van der Waals surface area contributed by atoms with Gasteiger partial charge in [-0.2, -0.15) is 0 Å². The summed E-state index contributed by atoms with van der Waals surface area (Å²) in [6.07, 6.45) is 0. The quantitative estimate of drug-likeness (QED) is 0.408. The molecule has 64 valence electrons. The summed E-state index contributed by atoms with van der Waals surface area (Å²) >= 11 is 0. The highest BCUT2D eigenvalue weighted by atomic mass is 16.3. The van der Waals surface area contributed by atoms with Crippen molar-refractivity contribution in [2.24, 2.45) is 0 Å². The van der Waals surface area contributed by atoms with Gasteiger partial charge in [-0.3, -0.25) is 9.59 Å². The molecule has 0 aliphatic rings. The van der Waals surface area contributed by atoms with E-state index in [4.69, 9.17) is 10.2 Å². The average molecular weight is 161 g/mol. The third kappa shape index (κ3) is 5.65. The Labute approximate surface area is 64.0 Å². The molecule has 0 aromatic heterocycles. The number of aliphatic hydroxyl groups excluding tert-OH is 2. The molecule has 3 N–H and O–H groups in total. The second-order valence-electron chi connectivity index (χ2n) is 2.00. The molecule has 0 rings (SSSR count). The summed E-state index contributed by atoms with van der Waals surface area (Å²) in [5, 5.41) is 18.9. The zero-order chi connectivity index (χ0) is 8.69. The Bertz CT molecular complexity index is 130. The summed E-state index contributed by atoms with van der Waals surface area (Å²) in [5.74, 6) is -0.758. The Kier molecular flexibility index (Phi) is 5.54. The fourth-order valence-corrected chi connectivity index (χ4v) is 0.453. The third-order valence-corrected chi connectivity index (χ3v) is 0.997. The van der Waals surface area contributed by atoms with E-state index in [1.165, 1.54) is 0 Å². The van der Waals surface area contributed by atoms with Crippen LogP contribution in [-0.4, -0.2) is 48.1 Å². The van der Waals surface area contributed by atoms with Gasteiger partial charge in [0.05, 0.1) is 13.1 Å². The van der Waals surface area contributed by atoms with Gasteiger partial charge in [0.1, 0.15) is 13.2 Å². The first-order valence-electron chi connectivity index (χ1n) is 3.16. The number of aliphatic hydroxyl groups is 2. The largest absolute Gasteiger partial charge is 0.389 e. The predicted molar refractivity (Wildman–Crippen MR) is 37.1 cm³/mol. The number of nitrogens with one attached hydrogen (secondary N) is 1. The van der Waals surface area contributed by atoms with Gasteiger partial charge in [0.15, 0.2) is 11.6 Å². The summed E-state index contributed by atoms with van der Waals surface area (Å²) in [6.45, 7) is -1.13. The lowest BCUT2D eigenvalue weighted by Gasteiger charge is -1.98. The van der Waals surface area contributed by atoms with E-state index >= 15 is 0 Å². The van der Waals surface area contributed by atoms with Gasteiger partial charge in [-0.15, -0.1) is 0 Å². The van der Waals surface area contributed by atoms with Crippen molar-refractivity contribution >= 4 is 11.6 Å². The summed E-state index contributed by atoms with van der Waals surface area (Å²) in [7, 11) is 0. The van der Waals surface area contributed by atoms with E-state index in [-0.39, 0.29) is 24.7 Å². The van der Waals surface area contributed by atoms with Crippen LogP contribution in [0.15, 0.2) is 0 Å². The molecule has 0 fully saturated rings. The molecule has 0 unspecified atom stereocenters. The summed E-state index contributed by atoms with van der Waals surface area (Å²) in [5.41, 5.74) is 0. The first-order valence-corrected chi connectivity index (χ1v) is 3.16. The van der Waals surface area contributed by atoms with Crippen LogP contribution in [0.2, 0.25) is 0 Å². The molecule has 0 aliphatic heterocycles. The molecule has 5 nitrogen and oxygen atoms in total. The fraction of sp³-hybridized carbons (Fsp3) is 0.667. The molecular weight excluding hydrogens is 150 g/mol. The first kappa shape index (κ1) is 10.2. The molecule has 0 aromatic carbocycles. The molecule has 0 heterocycles. The SMILES string of the molecule is O=C(CO)CNCC(=O)CO. The van der Waals surface area contributed by atoms with Gasteiger partial charge in [0.25, 0.3) is 0 Å². The molecule has 5 heteroatoms. The summed E-state index contributed by atoms with van der Waals surface area (Å²) < 4.78 is 0. The standard InChI is InChI=1S/C6H11NO4/c8-3-5(10)1-7-2-6(11)4-9/h7-9H,1-4H2. The molecule has 0 saturated carbocycles. The Hall–Kier alpha value is -0.780. The second-order valence-corrected chi connectivity index (χ2v) is 2.00. The van der Waals surface area contributed by atoms with Gasteiger partial charge >= 0.3 is 0 Å². The highest BCUT2D eigenvalue weighted by molar-refractivity contribution is 5.84. The van der Waals surface area contributed by atoms with Crippen LogP contribution in [0.3, 0.4) is 0 Å². The third-order valence-electron chi connectivity index (χ3n) is 0.997. The van der Waals surface area contributed by atoms with E-state index < -0.39 is 13.2 Å². The first-order chi connectivity index (χ1) is 5.20. The van der Waals surface area contributed by atoms with Crippen LogP contribution >= 0.6 is 0 Å². The lowest BCUT2D eigenvalue weighted by atomic mass is 10.4. The van der Waals surface area contributed by atoms with Gasteiger partial charge in [-0.1, -0.05) is 0 Å². The van der Waals surface area contributed by atoms with Gasteiger partial charge in [-0.05, 0) is 0 Å². The van der Waals surface area contributed by atoms with Crippen LogP contribution in [0.1, 0.15) is 0 Å². The lowest BCUT2D eigenvalue weighted by molar-refractivity contribution is -0.122. The van der Waals surface area contributed by atoms with Crippen molar-refractivity contribution in [1.82, 2.24) is 5.32 Å². The maximum Gasteiger partial charge on any atom is 0.171 e. The van der Waals surface area contributed by atoms with Crippen molar-refractivity contribution in [3.8, 4) is 0 Å². The minimum Gasteiger partial charge on any atom is -0.389 e. The fourth-order valence-electron chi connectivity index (χ4n) is 0.453. The van der Waals surface area contributed by atoms with E-state index in [2.05, 4.69) is 5.32 Å². The molecule has 0 atom stereocenters. The van der Waals surface area contributed by atoms with Gasteiger partial charge < -0.3 is 15.5 Å². The van der Waals surface area contributed by atoms with Crippen molar-refractivity contribution in [2.75, 3.05) is 26.3 Å². The zero-order valence-corrected chi connectivity index (χ0v) is 6.04. The molecule has 0 bridgehead atoms. The highest BCUT2D eigenvalue weighted by Gasteiger charge is 2.00. The van der Waals surface area contributed by atoms with Crippen molar-refractivity contribution in [1.29, 1.82) is 0 Å². The molecule has 0 spiro atoms. The molecule has 0 amide bonds. The van der Waals surface area contributed by atoms with Crippen LogP contribution in [0.5, 0.6) is 0 Å². The number of ketones is 2. The van der Waals surface area contributed by atoms with E-state index in [0.717, 1.165) is 0 Å². The zero-order valence-electron chi connectivity index (χ0n) is 6.04. The second kappa shape index (κ2) is 5.96. The number of carbonyl (C=O) groups excluding carboxylic acids is 2. The Morgan fingerprint density at radius 3 is 1.64 bits per heavy atom. The smallest absolute Gasteiger partial charge is 0.171 e. The average Bonchev–Trinajstić information content (AvgIpc) is 2.04. The van der Waals surface area contributed by atoms with Crippen LogP contribution in [0.25, 0.3) is 0 Å². The van der Waals surface area contributed by atoms with Gasteiger partial charge in [-0.25, -0.2) is 0 Å². The van der Waals surface area contributed by atoms with Crippen molar-refractivity contribution in [3.63, 3.8) is 0 Å². The molecule has 11 heavy (non-hydrogen) atoms. The van der Waals surface area contributed by atoms with Gasteiger partial charge in [0, 0.05) is 0 Å². The van der Waals surface area contributed by atoms with Gasteiger partial charge in [0.2, 0.25) is 0 Å². The van der Waals surface area contributed by atoms with Crippen molar-refractivity contribution in [2.45, 2.75) is 0 Å². The molecule has 0 aromatic rings. The van der Waals surface area contributed by atoms with Crippen molar-refractivity contribution < 1.29 is 19.8 Å². The van der Waals surface area contributed by atoms with Crippen LogP contribution in [0.4, 0.5) is 0 Å². The Balaban J connectivity index is 3.27. The molecular formula is C6H11NO4. The highest BCUT2D eigenvalue weighted by Crippen LogP contribution is 1.69. The maximum absolute atomic E-state index is 10.4. The number of carbonyl (C=O) groups is 2. The van der Waals surface area contributed by atoms with Crippen LogP contribution < -0.4 is 5.32 Å². The minimum absolute atomic E-state index is 0.0394. The number of rotatable bonds is 6. The van der Waals surface area contributed by atoms with E-state index in [0.29, 0.717) is 0 Å². The van der Waals surface area contributed by atoms with Crippen molar-refractivity contribution in [3.05, 3.63) is 0 Å². The van der Waals surface area contributed by atoms with E-state index in [9.17, 15) is 9.59 Å².